The normalized spacial score (nSPS) is 21.5. The Kier molecular flexibility index (Phi) is 1.15. The number of likely N-dealkylation sites (N-methyl/N-ethyl adjacent to an activating group) is 1. The van der Waals surface area contributed by atoms with Gasteiger partial charge in [0.2, 0.25) is 0 Å². The smallest absolute Gasteiger partial charge is 0.275 e. The van der Waals surface area contributed by atoms with Crippen molar-refractivity contribution in [2.45, 2.75) is 0 Å². The first-order valence-corrected chi connectivity index (χ1v) is 3.36. The van der Waals surface area contributed by atoms with Crippen LogP contribution in [0, 0.1) is 0 Å². The second-order valence-corrected chi connectivity index (χ2v) is 2.54. The van der Waals surface area contributed by atoms with Crippen LogP contribution in [0.5, 0.6) is 0 Å². The van der Waals surface area contributed by atoms with Crippen LogP contribution < -0.4 is 0 Å². The summed E-state index contributed by atoms with van der Waals surface area (Å²) in [6.07, 6.45) is 3.55. The van der Waals surface area contributed by atoms with Crippen LogP contribution >= 0.6 is 0 Å². The first-order chi connectivity index (χ1) is 5.29. The van der Waals surface area contributed by atoms with E-state index in [-0.39, 0.29) is 5.91 Å². The summed E-state index contributed by atoms with van der Waals surface area (Å²) in [5, 5.41) is 7.38. The van der Waals surface area contributed by atoms with Crippen LogP contribution in [0.1, 0.15) is 0 Å². The molecule has 0 aromatic rings. The zero-order valence-electron chi connectivity index (χ0n) is 6.11. The zero-order valence-corrected chi connectivity index (χ0v) is 6.11. The highest BCUT2D eigenvalue weighted by atomic mass is 16.2. The van der Waals surface area contributed by atoms with Crippen LogP contribution in [0.2, 0.25) is 0 Å². The van der Waals surface area contributed by atoms with Crippen molar-refractivity contribution in [1.82, 2.24) is 4.90 Å². The van der Waals surface area contributed by atoms with E-state index < -0.39 is 0 Å². The second kappa shape index (κ2) is 2.02. The fourth-order valence-electron chi connectivity index (χ4n) is 1.08. The van der Waals surface area contributed by atoms with Gasteiger partial charge in [-0.05, 0) is 0 Å². The highest BCUT2D eigenvalue weighted by molar-refractivity contribution is 6.51. The highest BCUT2D eigenvalue weighted by Gasteiger charge is 2.25. The lowest BCUT2D eigenvalue weighted by Crippen LogP contribution is -2.37. The number of hydrogen-bond donors (Lipinski definition) is 0. The number of fused-ring (bicyclic) bond motifs is 1. The van der Waals surface area contributed by atoms with Crippen molar-refractivity contribution in [3.05, 3.63) is 11.6 Å². The predicted octanol–water partition coefficient (Wildman–Crippen LogP) is -0.175. The summed E-state index contributed by atoms with van der Waals surface area (Å²) in [7, 11) is 1.75. The molecule has 0 radical (unpaired) electrons. The molecule has 4 nitrogen and oxygen atoms in total. The molecular weight excluding hydrogens is 142 g/mol. The largest absolute Gasteiger partial charge is 0.337 e. The van der Waals surface area contributed by atoms with Crippen LogP contribution in [0.15, 0.2) is 21.9 Å². The number of hydrogen-bond acceptors (Lipinski definition) is 3. The third kappa shape index (κ3) is 0.790. The zero-order chi connectivity index (χ0) is 7.84. The Bertz CT molecular complexity index is 301. The van der Waals surface area contributed by atoms with E-state index in [1.807, 2.05) is 6.08 Å². The SMILES string of the molecule is CN1CC=C2C=NN=C2C1=O. The summed E-state index contributed by atoms with van der Waals surface area (Å²) in [6, 6.07) is 0. The summed E-state index contributed by atoms with van der Waals surface area (Å²) in [6.45, 7) is 0.652. The molecule has 11 heavy (non-hydrogen) atoms. The molecule has 2 aliphatic heterocycles. The lowest BCUT2D eigenvalue weighted by Gasteiger charge is -2.19. The lowest BCUT2D eigenvalue weighted by atomic mass is 10.1. The Hall–Kier alpha value is -1.45. The Morgan fingerprint density at radius 3 is 3.27 bits per heavy atom. The maximum atomic E-state index is 11.3. The standard InChI is InChI=1S/C7H7N3O/c1-10-3-2-5-4-8-9-6(5)7(10)11/h2,4H,3H2,1H3. The topological polar surface area (TPSA) is 45.0 Å². The van der Waals surface area contributed by atoms with Crippen molar-refractivity contribution < 1.29 is 4.79 Å². The molecule has 0 fully saturated rings. The van der Waals surface area contributed by atoms with E-state index in [4.69, 9.17) is 0 Å². The maximum Gasteiger partial charge on any atom is 0.275 e. The molecule has 2 heterocycles. The molecule has 2 rings (SSSR count). The first kappa shape index (κ1) is 6.27. The van der Waals surface area contributed by atoms with Crippen molar-refractivity contribution in [3.8, 4) is 0 Å². The summed E-state index contributed by atoms with van der Waals surface area (Å²) in [4.78, 5) is 12.9. The average Bonchev–Trinajstić information content (AvgIpc) is 2.45. The van der Waals surface area contributed by atoms with E-state index in [1.165, 1.54) is 0 Å². The van der Waals surface area contributed by atoms with Crippen molar-refractivity contribution in [3.63, 3.8) is 0 Å². The molecule has 0 atom stereocenters. The number of carbonyl (C=O) groups excluding carboxylic acids is 1. The maximum absolute atomic E-state index is 11.3. The van der Waals surface area contributed by atoms with Gasteiger partial charge in [-0.2, -0.15) is 5.10 Å². The molecule has 0 spiro atoms. The van der Waals surface area contributed by atoms with Crippen LogP contribution in [-0.4, -0.2) is 36.3 Å². The summed E-state index contributed by atoms with van der Waals surface area (Å²) < 4.78 is 0. The van der Waals surface area contributed by atoms with Gasteiger partial charge in [-0.3, -0.25) is 4.79 Å². The van der Waals surface area contributed by atoms with E-state index in [2.05, 4.69) is 10.2 Å². The molecule has 4 heteroatoms. The quantitative estimate of drug-likeness (QED) is 0.471. The van der Waals surface area contributed by atoms with Gasteiger partial charge in [0.05, 0.1) is 6.21 Å². The minimum absolute atomic E-state index is 0.0417. The Morgan fingerprint density at radius 2 is 2.45 bits per heavy atom. The molecule has 0 saturated carbocycles. The molecule has 56 valence electrons. The van der Waals surface area contributed by atoms with Crippen molar-refractivity contribution in [2.24, 2.45) is 10.2 Å². The van der Waals surface area contributed by atoms with Gasteiger partial charge in [0.15, 0.2) is 5.71 Å². The van der Waals surface area contributed by atoms with Gasteiger partial charge in [-0.15, -0.1) is 5.10 Å². The average molecular weight is 149 g/mol. The van der Waals surface area contributed by atoms with Crippen molar-refractivity contribution in [2.75, 3.05) is 13.6 Å². The van der Waals surface area contributed by atoms with Gasteiger partial charge < -0.3 is 4.90 Å². The van der Waals surface area contributed by atoms with E-state index in [1.54, 1.807) is 18.2 Å². The Balaban J connectivity index is 2.44. The van der Waals surface area contributed by atoms with E-state index in [9.17, 15) is 4.79 Å². The van der Waals surface area contributed by atoms with Crippen LogP contribution in [-0.2, 0) is 4.79 Å². The fourth-order valence-corrected chi connectivity index (χ4v) is 1.08. The Labute approximate surface area is 63.9 Å². The number of carbonyl (C=O) groups is 1. The summed E-state index contributed by atoms with van der Waals surface area (Å²) in [5.41, 5.74) is 1.33. The fraction of sp³-hybridized carbons (Fsp3) is 0.286. The van der Waals surface area contributed by atoms with Crippen LogP contribution in [0.3, 0.4) is 0 Å². The molecule has 0 unspecified atom stereocenters. The molecule has 0 saturated heterocycles. The minimum atomic E-state index is -0.0417. The van der Waals surface area contributed by atoms with Gasteiger partial charge in [-0.25, -0.2) is 0 Å². The van der Waals surface area contributed by atoms with Crippen molar-refractivity contribution in [1.29, 1.82) is 0 Å². The minimum Gasteiger partial charge on any atom is -0.337 e. The number of rotatable bonds is 0. The van der Waals surface area contributed by atoms with Gasteiger partial charge in [-0.1, -0.05) is 6.08 Å². The van der Waals surface area contributed by atoms with Gasteiger partial charge in [0.1, 0.15) is 0 Å². The van der Waals surface area contributed by atoms with Gasteiger partial charge in [0.25, 0.3) is 5.91 Å². The van der Waals surface area contributed by atoms with E-state index in [0.29, 0.717) is 12.3 Å². The molecule has 0 aromatic heterocycles. The molecule has 0 bridgehead atoms. The molecule has 0 aromatic carbocycles. The molecule has 0 N–H and O–H groups in total. The second-order valence-electron chi connectivity index (χ2n) is 2.54. The van der Waals surface area contributed by atoms with E-state index >= 15 is 0 Å². The van der Waals surface area contributed by atoms with Crippen molar-refractivity contribution >= 4 is 17.8 Å². The third-order valence-corrected chi connectivity index (χ3v) is 1.76. The summed E-state index contributed by atoms with van der Waals surface area (Å²) in [5.74, 6) is -0.0417. The van der Waals surface area contributed by atoms with Crippen LogP contribution in [0.25, 0.3) is 0 Å². The molecule has 0 aliphatic carbocycles. The first-order valence-electron chi connectivity index (χ1n) is 3.36. The lowest BCUT2D eigenvalue weighted by molar-refractivity contribution is -0.122. The van der Waals surface area contributed by atoms with Crippen LogP contribution in [0.4, 0.5) is 0 Å². The monoisotopic (exact) mass is 149 g/mol. The number of nitrogens with zero attached hydrogens (tertiary/aromatic N) is 3. The van der Waals surface area contributed by atoms with Gasteiger partial charge in [0, 0.05) is 19.2 Å². The molecule has 1 amide bonds. The molecule has 2 aliphatic rings. The Morgan fingerprint density at radius 1 is 1.64 bits per heavy atom. The molecular formula is C7H7N3O. The van der Waals surface area contributed by atoms with Gasteiger partial charge >= 0.3 is 0 Å². The highest BCUT2D eigenvalue weighted by Crippen LogP contribution is 2.11. The summed E-state index contributed by atoms with van der Waals surface area (Å²) >= 11 is 0. The number of amides is 1. The predicted molar refractivity (Wildman–Crippen MR) is 41.6 cm³/mol. The third-order valence-electron chi connectivity index (χ3n) is 1.76. The van der Waals surface area contributed by atoms with E-state index in [0.717, 1.165) is 5.57 Å².